The third kappa shape index (κ3) is 1.99. The van der Waals surface area contributed by atoms with E-state index in [9.17, 15) is 4.79 Å². The molecule has 0 heterocycles. The lowest BCUT2D eigenvalue weighted by Gasteiger charge is -2.23. The Hall–Kier alpha value is -0.570. The number of carbonyl (C=O) groups excluding carboxylic acids is 1. The Morgan fingerprint density at radius 3 is 2.40 bits per heavy atom. The van der Waals surface area contributed by atoms with E-state index in [-0.39, 0.29) is 12.1 Å². The average Bonchev–Trinajstić information content (AvgIpc) is 1.95. The Bertz CT molecular complexity index is 108. The van der Waals surface area contributed by atoms with Crippen LogP contribution in [-0.4, -0.2) is 23.7 Å². The molecular weight excluding hydrogens is 130 g/mol. The van der Waals surface area contributed by atoms with Gasteiger partial charge in [0.15, 0.2) is 0 Å². The van der Waals surface area contributed by atoms with Crippen LogP contribution >= 0.6 is 0 Å². The maximum atomic E-state index is 9.86. The molecule has 1 aliphatic carbocycles. The van der Waals surface area contributed by atoms with Crippen LogP contribution in [0, 0.1) is 0 Å². The van der Waals surface area contributed by atoms with E-state index in [2.05, 4.69) is 5.32 Å². The Morgan fingerprint density at radius 1 is 1.30 bits per heavy atom. The van der Waals surface area contributed by atoms with Gasteiger partial charge in [-0.3, -0.25) is 4.79 Å². The smallest absolute Gasteiger partial charge is 0.309 e. The molecule has 57 valence electrons. The van der Waals surface area contributed by atoms with Crippen LogP contribution in [0.1, 0.15) is 25.7 Å². The van der Waals surface area contributed by atoms with Crippen LogP contribution in [0.5, 0.6) is 0 Å². The Kier molecular flexibility index (Phi) is 2.68. The zero-order valence-corrected chi connectivity index (χ0v) is 5.84. The SMILES string of the molecule is O=[C]N[C@H]1CC[C@H](O)CC1. The quantitative estimate of drug-likeness (QED) is 0.531. The van der Waals surface area contributed by atoms with Crippen LogP contribution in [0.15, 0.2) is 0 Å². The number of aliphatic hydroxyl groups is 1. The second-order valence-corrected chi connectivity index (χ2v) is 2.75. The highest BCUT2D eigenvalue weighted by molar-refractivity contribution is 5.47. The molecule has 10 heavy (non-hydrogen) atoms. The molecule has 3 heteroatoms. The first-order valence-corrected chi connectivity index (χ1v) is 3.63. The third-order valence-corrected chi connectivity index (χ3v) is 1.96. The van der Waals surface area contributed by atoms with E-state index in [1.165, 1.54) is 0 Å². The summed E-state index contributed by atoms with van der Waals surface area (Å²) in [6, 6.07) is 0.251. The zero-order valence-electron chi connectivity index (χ0n) is 5.84. The van der Waals surface area contributed by atoms with Crippen molar-refractivity contribution in [1.82, 2.24) is 5.32 Å². The molecule has 2 N–H and O–H groups in total. The maximum Gasteiger partial charge on any atom is 0.309 e. The van der Waals surface area contributed by atoms with Crippen molar-refractivity contribution in [2.75, 3.05) is 0 Å². The number of nitrogens with one attached hydrogen (secondary N) is 1. The first-order chi connectivity index (χ1) is 4.83. The van der Waals surface area contributed by atoms with Crippen molar-refractivity contribution >= 4 is 6.41 Å². The van der Waals surface area contributed by atoms with Gasteiger partial charge in [-0.15, -0.1) is 0 Å². The molecule has 0 bridgehead atoms. The molecule has 0 aromatic carbocycles. The summed E-state index contributed by atoms with van der Waals surface area (Å²) >= 11 is 0. The fourth-order valence-corrected chi connectivity index (χ4v) is 1.30. The summed E-state index contributed by atoms with van der Waals surface area (Å²) in [4.78, 5) is 9.86. The van der Waals surface area contributed by atoms with E-state index in [1.807, 2.05) is 0 Å². The molecule has 1 amide bonds. The number of rotatable bonds is 2. The normalized spacial score (nSPS) is 33.3. The van der Waals surface area contributed by atoms with Crippen LogP contribution in [0.3, 0.4) is 0 Å². The molecule has 0 saturated heterocycles. The molecule has 0 atom stereocenters. The largest absolute Gasteiger partial charge is 0.393 e. The number of hydrogen-bond donors (Lipinski definition) is 2. The van der Waals surface area contributed by atoms with Crippen LogP contribution in [0.4, 0.5) is 0 Å². The van der Waals surface area contributed by atoms with Crippen molar-refractivity contribution in [3.63, 3.8) is 0 Å². The summed E-state index contributed by atoms with van der Waals surface area (Å²) < 4.78 is 0. The van der Waals surface area contributed by atoms with Gasteiger partial charge in [-0.2, -0.15) is 0 Å². The second kappa shape index (κ2) is 3.56. The summed E-state index contributed by atoms with van der Waals surface area (Å²) in [5.74, 6) is 0. The first-order valence-electron chi connectivity index (χ1n) is 3.63. The highest BCUT2D eigenvalue weighted by Crippen LogP contribution is 2.17. The molecule has 0 spiro atoms. The lowest BCUT2D eigenvalue weighted by atomic mass is 9.93. The molecule has 1 rings (SSSR count). The van der Waals surface area contributed by atoms with Crippen molar-refractivity contribution in [2.24, 2.45) is 0 Å². The van der Waals surface area contributed by atoms with Gasteiger partial charge in [0.2, 0.25) is 0 Å². The Morgan fingerprint density at radius 2 is 1.90 bits per heavy atom. The predicted octanol–water partition coefficient (Wildman–Crippen LogP) is -0.0533. The standard InChI is InChI=1S/C7H12NO2/c9-5-8-6-1-3-7(10)4-2-6/h6-7,10H,1-4H2,(H,8,9)/t6-,7-. The highest BCUT2D eigenvalue weighted by atomic mass is 16.3. The van der Waals surface area contributed by atoms with E-state index in [0.29, 0.717) is 0 Å². The highest BCUT2D eigenvalue weighted by Gasteiger charge is 2.18. The number of aliphatic hydroxyl groups excluding tert-OH is 1. The number of hydrogen-bond acceptors (Lipinski definition) is 2. The molecule has 1 fully saturated rings. The van der Waals surface area contributed by atoms with E-state index in [0.717, 1.165) is 25.7 Å². The minimum Gasteiger partial charge on any atom is -0.393 e. The summed E-state index contributed by atoms with van der Waals surface area (Å²) in [5.41, 5.74) is 0. The summed E-state index contributed by atoms with van der Waals surface area (Å²) in [6.45, 7) is 0. The fourth-order valence-electron chi connectivity index (χ4n) is 1.30. The summed E-state index contributed by atoms with van der Waals surface area (Å²) in [5, 5.41) is 11.7. The predicted molar refractivity (Wildman–Crippen MR) is 37.1 cm³/mol. The Labute approximate surface area is 60.4 Å². The molecule has 1 radical (unpaired) electrons. The summed E-state index contributed by atoms with van der Waals surface area (Å²) in [7, 11) is 0. The molecule has 1 saturated carbocycles. The van der Waals surface area contributed by atoms with Gasteiger partial charge in [-0.25, -0.2) is 0 Å². The molecule has 0 unspecified atom stereocenters. The molecule has 0 aliphatic heterocycles. The van der Waals surface area contributed by atoms with Gasteiger partial charge in [0.25, 0.3) is 0 Å². The van der Waals surface area contributed by atoms with Crippen LogP contribution in [0.2, 0.25) is 0 Å². The minimum atomic E-state index is -0.148. The minimum absolute atomic E-state index is 0.148. The van der Waals surface area contributed by atoms with Gasteiger partial charge in [-0.1, -0.05) is 0 Å². The monoisotopic (exact) mass is 142 g/mol. The van der Waals surface area contributed by atoms with Gasteiger partial charge in [0.1, 0.15) is 0 Å². The first kappa shape index (κ1) is 7.54. The molecule has 0 aromatic rings. The van der Waals surface area contributed by atoms with Gasteiger partial charge in [0, 0.05) is 6.04 Å². The van der Waals surface area contributed by atoms with Crippen LogP contribution < -0.4 is 5.32 Å². The molecule has 3 nitrogen and oxygen atoms in total. The van der Waals surface area contributed by atoms with Crippen molar-refractivity contribution < 1.29 is 9.90 Å². The van der Waals surface area contributed by atoms with Crippen LogP contribution in [-0.2, 0) is 4.79 Å². The lowest BCUT2D eigenvalue weighted by molar-refractivity contribution is 0.120. The van der Waals surface area contributed by atoms with Crippen molar-refractivity contribution in [3.8, 4) is 0 Å². The average molecular weight is 142 g/mol. The van der Waals surface area contributed by atoms with Crippen molar-refractivity contribution in [3.05, 3.63) is 0 Å². The van der Waals surface area contributed by atoms with E-state index >= 15 is 0 Å². The molecular formula is C7H12NO2. The molecule has 1 aliphatic rings. The fraction of sp³-hybridized carbons (Fsp3) is 0.857. The van der Waals surface area contributed by atoms with Gasteiger partial charge >= 0.3 is 6.41 Å². The zero-order chi connectivity index (χ0) is 7.40. The van der Waals surface area contributed by atoms with Gasteiger partial charge < -0.3 is 10.4 Å². The van der Waals surface area contributed by atoms with Crippen molar-refractivity contribution in [1.29, 1.82) is 0 Å². The van der Waals surface area contributed by atoms with Gasteiger partial charge in [0.05, 0.1) is 6.10 Å². The third-order valence-electron chi connectivity index (χ3n) is 1.96. The molecule has 0 aromatic heterocycles. The van der Waals surface area contributed by atoms with Crippen LogP contribution in [0.25, 0.3) is 0 Å². The number of amides is 1. The van der Waals surface area contributed by atoms with E-state index in [1.54, 1.807) is 6.41 Å². The second-order valence-electron chi connectivity index (χ2n) is 2.75. The topological polar surface area (TPSA) is 49.3 Å². The van der Waals surface area contributed by atoms with Gasteiger partial charge in [-0.05, 0) is 25.7 Å². The lowest BCUT2D eigenvalue weighted by Crippen LogP contribution is -2.33. The van der Waals surface area contributed by atoms with E-state index in [4.69, 9.17) is 5.11 Å². The Balaban J connectivity index is 2.19. The maximum absolute atomic E-state index is 9.86. The van der Waals surface area contributed by atoms with Crippen molar-refractivity contribution in [2.45, 2.75) is 37.8 Å². The summed E-state index contributed by atoms with van der Waals surface area (Å²) in [6.07, 6.45) is 4.90. The van der Waals surface area contributed by atoms with E-state index < -0.39 is 0 Å².